The highest BCUT2D eigenvalue weighted by molar-refractivity contribution is 7.00. The van der Waals surface area contributed by atoms with Crippen LogP contribution < -0.4 is 26.2 Å². The highest BCUT2D eigenvalue weighted by Gasteiger charge is 2.45. The van der Waals surface area contributed by atoms with Crippen molar-refractivity contribution in [3.63, 3.8) is 0 Å². The summed E-state index contributed by atoms with van der Waals surface area (Å²) in [5.74, 6) is 0. The van der Waals surface area contributed by atoms with E-state index in [-0.39, 0.29) is 5.56 Å². The van der Waals surface area contributed by atoms with Crippen molar-refractivity contribution in [3.8, 4) is 11.4 Å². The maximum atomic E-state index is 9.36. The Bertz CT molecular complexity index is 4710. The SMILES string of the molecule is [2H]C([2H])([2H])c1cc2c3c(c1)N(c1cccc4c1c1ccccc1n4-c1ccccc1)c1cc4c(cc1B3c1cc3oc5ccccc5c3cc1N2c1cccc2c1c1ccccc1n2-c1ccccc1)oc1ccccc14. The fourth-order valence-corrected chi connectivity index (χ4v) is 13.0. The molecule has 17 rings (SSSR count). The molecule has 0 radical (unpaired) electrons. The van der Waals surface area contributed by atoms with E-state index in [0.29, 0.717) is 0 Å². The summed E-state index contributed by atoms with van der Waals surface area (Å²) < 4.78 is 46.4. The van der Waals surface area contributed by atoms with Crippen LogP contribution in [-0.2, 0) is 0 Å². The second-order valence-electron chi connectivity index (χ2n) is 19.8. The summed E-state index contributed by atoms with van der Waals surface area (Å²) in [5.41, 5.74) is 18.1. The summed E-state index contributed by atoms with van der Waals surface area (Å²) in [6.07, 6.45) is 0. The molecule has 6 nitrogen and oxygen atoms in total. The lowest BCUT2D eigenvalue weighted by molar-refractivity contribution is 0.669. The summed E-state index contributed by atoms with van der Waals surface area (Å²) >= 11 is 0. The number of furan rings is 2. The lowest BCUT2D eigenvalue weighted by Crippen LogP contribution is -2.61. The van der Waals surface area contributed by atoms with Crippen LogP contribution in [0.15, 0.2) is 239 Å². The third kappa shape index (κ3) is 5.29. The molecule has 4 aromatic heterocycles. The minimum Gasteiger partial charge on any atom is -0.456 e. The van der Waals surface area contributed by atoms with E-state index in [1.54, 1.807) is 0 Å². The van der Waals surface area contributed by atoms with Crippen LogP contribution in [-0.4, -0.2) is 15.8 Å². The molecular formula is C67H41BN4O2. The molecule has 0 atom stereocenters. The zero-order valence-corrected chi connectivity index (χ0v) is 39.6. The zero-order chi connectivity index (χ0) is 50.8. The normalized spacial score (nSPS) is 13.9. The first-order valence-corrected chi connectivity index (χ1v) is 25.2. The van der Waals surface area contributed by atoms with E-state index < -0.39 is 13.6 Å². The molecule has 11 aromatic carbocycles. The van der Waals surface area contributed by atoms with Crippen LogP contribution in [0.25, 0.3) is 98.9 Å². The largest absolute Gasteiger partial charge is 0.456 e. The van der Waals surface area contributed by atoms with E-state index in [4.69, 9.17) is 8.83 Å². The quantitative estimate of drug-likeness (QED) is 0.165. The Labute approximate surface area is 429 Å². The van der Waals surface area contributed by atoms with Crippen molar-refractivity contribution in [1.29, 1.82) is 0 Å². The van der Waals surface area contributed by atoms with E-state index in [1.165, 1.54) is 0 Å². The Morgan fingerprint density at radius 2 is 0.757 bits per heavy atom. The van der Waals surface area contributed by atoms with Crippen LogP contribution in [0.1, 0.15) is 9.68 Å². The predicted octanol–water partition coefficient (Wildman–Crippen LogP) is 16.1. The van der Waals surface area contributed by atoms with Crippen LogP contribution in [0.5, 0.6) is 0 Å². The number of rotatable bonds is 4. The van der Waals surface area contributed by atoms with Gasteiger partial charge >= 0.3 is 0 Å². The van der Waals surface area contributed by atoms with Gasteiger partial charge in [-0.3, -0.25) is 0 Å². The summed E-state index contributed by atoms with van der Waals surface area (Å²) in [6, 6.07) is 80.7. The van der Waals surface area contributed by atoms with Gasteiger partial charge in [0.05, 0.1) is 33.4 Å². The number of fused-ring (bicyclic) bond motifs is 16. The second-order valence-corrected chi connectivity index (χ2v) is 19.8. The highest BCUT2D eigenvalue weighted by atomic mass is 16.3. The number of para-hydroxylation sites is 6. The van der Waals surface area contributed by atoms with Gasteiger partial charge in [0.25, 0.3) is 6.71 Å². The highest BCUT2D eigenvalue weighted by Crippen LogP contribution is 2.51. The smallest absolute Gasteiger partial charge is 0.252 e. The zero-order valence-electron chi connectivity index (χ0n) is 42.6. The third-order valence-electron chi connectivity index (χ3n) is 15.9. The Morgan fingerprint density at radius 3 is 1.23 bits per heavy atom. The van der Waals surface area contributed by atoms with Crippen molar-refractivity contribution in [2.24, 2.45) is 0 Å². The Balaban J connectivity index is 1.05. The topological polar surface area (TPSA) is 42.6 Å². The van der Waals surface area contributed by atoms with Crippen molar-refractivity contribution in [2.75, 3.05) is 9.80 Å². The van der Waals surface area contributed by atoms with Crippen LogP contribution in [0.2, 0.25) is 0 Å². The molecule has 0 aliphatic carbocycles. The van der Waals surface area contributed by atoms with Crippen LogP contribution in [0.3, 0.4) is 0 Å². The first-order chi connectivity index (χ1) is 37.9. The Kier molecular flexibility index (Phi) is 7.37. The lowest BCUT2D eigenvalue weighted by atomic mass is 9.33. The van der Waals surface area contributed by atoms with Crippen LogP contribution in [0, 0.1) is 6.85 Å². The van der Waals surface area contributed by atoms with Crippen molar-refractivity contribution in [1.82, 2.24) is 9.13 Å². The molecule has 0 amide bonds. The van der Waals surface area contributed by atoms with Gasteiger partial charge in [-0.25, -0.2) is 0 Å². The summed E-state index contributed by atoms with van der Waals surface area (Å²) in [4.78, 5) is 4.71. The molecule has 0 saturated carbocycles. The number of nitrogens with zero attached hydrogens (tertiary/aromatic N) is 4. The monoisotopic (exact) mass is 947 g/mol. The molecule has 344 valence electrons. The average molecular weight is 948 g/mol. The molecule has 7 heteroatoms. The van der Waals surface area contributed by atoms with Gasteiger partial charge in [-0.2, -0.15) is 0 Å². The van der Waals surface area contributed by atoms with Crippen molar-refractivity contribution >= 4 is 145 Å². The van der Waals surface area contributed by atoms with Crippen LogP contribution >= 0.6 is 0 Å². The van der Waals surface area contributed by atoms with Gasteiger partial charge in [-0.05, 0) is 138 Å². The molecule has 74 heavy (non-hydrogen) atoms. The molecular weight excluding hydrogens is 904 g/mol. The Hall–Kier alpha value is -9.72. The minimum absolute atomic E-state index is 0.245. The maximum absolute atomic E-state index is 9.36. The van der Waals surface area contributed by atoms with Gasteiger partial charge in [0, 0.05) is 81.3 Å². The predicted molar refractivity (Wildman–Crippen MR) is 308 cm³/mol. The molecule has 0 unspecified atom stereocenters. The molecule has 2 aliphatic rings. The van der Waals surface area contributed by atoms with Gasteiger partial charge in [-0.1, -0.05) is 121 Å². The van der Waals surface area contributed by atoms with E-state index in [0.717, 1.165) is 149 Å². The van der Waals surface area contributed by atoms with E-state index >= 15 is 0 Å². The number of benzene rings is 11. The van der Waals surface area contributed by atoms with Crippen LogP contribution in [0.4, 0.5) is 34.1 Å². The lowest BCUT2D eigenvalue weighted by Gasteiger charge is -2.44. The molecule has 0 bridgehead atoms. The van der Waals surface area contributed by atoms with Gasteiger partial charge in [0.1, 0.15) is 22.3 Å². The number of aromatic nitrogens is 2. The summed E-state index contributed by atoms with van der Waals surface area (Å²) in [6.45, 7) is -2.88. The van der Waals surface area contributed by atoms with Crippen molar-refractivity contribution in [3.05, 3.63) is 236 Å². The van der Waals surface area contributed by atoms with E-state index in [2.05, 4.69) is 201 Å². The van der Waals surface area contributed by atoms with E-state index in [1.807, 2.05) is 48.5 Å². The molecule has 15 aromatic rings. The first kappa shape index (κ1) is 37.1. The minimum atomic E-state index is -2.49. The second kappa shape index (κ2) is 14.7. The number of hydrogen-bond donors (Lipinski definition) is 0. The van der Waals surface area contributed by atoms with E-state index in [9.17, 15) is 4.11 Å². The van der Waals surface area contributed by atoms with Gasteiger partial charge in [0.2, 0.25) is 0 Å². The summed E-state index contributed by atoms with van der Waals surface area (Å²) in [7, 11) is 0. The molecule has 6 heterocycles. The molecule has 0 spiro atoms. The standard InChI is InChI=1S/C67H41BN4O2/c1-40-34-59-67-60(35-40)72(56-31-17-29-54-66(56)46-25-9-13-27-52(46)70(54)42-20-6-3-7-21-42)58-37-48-44-23-11-15-33-62(44)74-64(48)39-50(58)68(67)49-38-63-47(43-22-10-14-32-61(43)73-63)36-57(49)71(59)55-30-16-28-53-65(55)45-24-8-12-26-51(45)69(53)41-18-4-2-5-19-41/h2-39H,1H3/i1D3. The van der Waals surface area contributed by atoms with Gasteiger partial charge in [-0.15, -0.1) is 0 Å². The van der Waals surface area contributed by atoms with Gasteiger partial charge in [0.15, 0.2) is 0 Å². The van der Waals surface area contributed by atoms with Crippen molar-refractivity contribution < 1.29 is 12.9 Å². The third-order valence-corrected chi connectivity index (χ3v) is 15.9. The fraction of sp³-hybridized carbons (Fsp3) is 0.0149. The van der Waals surface area contributed by atoms with Crippen molar-refractivity contribution in [2.45, 2.75) is 6.85 Å². The molecule has 0 fully saturated rings. The Morgan fingerprint density at radius 1 is 0.338 bits per heavy atom. The number of anilines is 6. The summed E-state index contributed by atoms with van der Waals surface area (Å²) in [5, 5.41) is 8.25. The van der Waals surface area contributed by atoms with Gasteiger partial charge < -0.3 is 27.8 Å². The maximum Gasteiger partial charge on any atom is 0.252 e. The molecule has 0 saturated heterocycles. The number of hydrogen-bond acceptors (Lipinski definition) is 4. The fourth-order valence-electron chi connectivity index (χ4n) is 13.0. The molecule has 0 N–H and O–H groups in total. The average Bonchev–Trinajstić information content (AvgIpc) is 4.37. The molecule has 2 aliphatic heterocycles. The number of aryl methyl sites for hydroxylation is 1. The first-order valence-electron chi connectivity index (χ1n) is 26.7.